The number of nitrogens with zero attached hydrogens (tertiary/aromatic N) is 7. The topological polar surface area (TPSA) is 92.6 Å². The van der Waals surface area contributed by atoms with E-state index in [0.29, 0.717) is 13.1 Å². The molecule has 8 heteroatoms. The van der Waals surface area contributed by atoms with Crippen molar-refractivity contribution in [3.05, 3.63) is 53.2 Å². The monoisotopic (exact) mass is 347 g/mol. The van der Waals surface area contributed by atoms with E-state index in [-0.39, 0.29) is 18.3 Å². The van der Waals surface area contributed by atoms with Crippen LogP contribution in [0.4, 0.5) is 0 Å². The molecule has 0 saturated carbocycles. The summed E-state index contributed by atoms with van der Waals surface area (Å²) in [6.45, 7) is 3.20. The van der Waals surface area contributed by atoms with Crippen molar-refractivity contribution in [2.75, 3.05) is 0 Å². The fraction of sp³-hybridized carbons (Fsp3) is 0.278. The molecule has 0 unspecified atom stereocenters. The maximum absolute atomic E-state index is 12.5. The summed E-state index contributed by atoms with van der Waals surface area (Å²) < 4.78 is 3.26. The van der Waals surface area contributed by atoms with E-state index < -0.39 is 0 Å². The zero-order valence-electron chi connectivity index (χ0n) is 14.5. The van der Waals surface area contributed by atoms with Crippen molar-refractivity contribution in [3.8, 4) is 17.3 Å². The zero-order valence-corrected chi connectivity index (χ0v) is 14.5. The Labute approximate surface area is 150 Å². The first-order valence-electron chi connectivity index (χ1n) is 8.23. The maximum Gasteiger partial charge on any atom is 0.252 e. The molecule has 130 valence electrons. The van der Waals surface area contributed by atoms with Gasteiger partial charge in [-0.2, -0.15) is 10.4 Å². The third-order valence-electron chi connectivity index (χ3n) is 4.51. The normalized spacial score (nSPS) is 12.9. The number of fused-ring (bicyclic) bond motifs is 1. The van der Waals surface area contributed by atoms with Crippen LogP contribution in [0.1, 0.15) is 22.6 Å². The summed E-state index contributed by atoms with van der Waals surface area (Å²) in [5, 5.41) is 17.1. The average Bonchev–Trinajstić information content (AvgIpc) is 3.32. The Bertz CT molecular complexity index is 1040. The predicted octanol–water partition coefficient (Wildman–Crippen LogP) is 1.40. The maximum atomic E-state index is 12.5. The van der Waals surface area contributed by atoms with E-state index in [2.05, 4.69) is 39.4 Å². The van der Waals surface area contributed by atoms with Crippen LogP contribution >= 0.6 is 0 Å². The Hall–Kier alpha value is -3.47. The Morgan fingerprint density at radius 3 is 2.73 bits per heavy atom. The number of benzene rings is 1. The third-order valence-corrected chi connectivity index (χ3v) is 4.51. The van der Waals surface area contributed by atoms with E-state index in [1.54, 1.807) is 4.90 Å². The second kappa shape index (κ2) is 6.11. The number of carbonyl (C=O) groups excluding carboxylic acids is 1. The van der Waals surface area contributed by atoms with Crippen molar-refractivity contribution >= 4 is 5.91 Å². The first-order chi connectivity index (χ1) is 12.5. The molecule has 26 heavy (non-hydrogen) atoms. The molecule has 0 bridgehead atoms. The van der Waals surface area contributed by atoms with Crippen LogP contribution in [0.15, 0.2) is 30.6 Å². The lowest BCUT2D eigenvalue weighted by Gasteiger charge is -2.14. The number of aromatic nitrogens is 5. The van der Waals surface area contributed by atoms with Gasteiger partial charge in [0.15, 0.2) is 0 Å². The number of amides is 1. The van der Waals surface area contributed by atoms with Crippen LogP contribution in [0.5, 0.6) is 0 Å². The van der Waals surface area contributed by atoms with Crippen molar-refractivity contribution in [2.45, 2.75) is 26.6 Å². The Morgan fingerprint density at radius 2 is 2.04 bits per heavy atom. The second-order valence-electron chi connectivity index (χ2n) is 6.41. The quantitative estimate of drug-likeness (QED) is 0.714. The highest BCUT2D eigenvalue weighted by molar-refractivity contribution is 5.77. The number of aryl methyl sites for hydroxylation is 2. The average molecular weight is 347 g/mol. The molecule has 1 aliphatic heterocycles. The van der Waals surface area contributed by atoms with Gasteiger partial charge in [0.1, 0.15) is 18.9 Å². The SMILES string of the molecule is Cc1cc(-c2ccc3c(c2)CN(C(=O)Cn2cnc(C#N)n2)C3)n(C)n1. The van der Waals surface area contributed by atoms with Gasteiger partial charge in [-0.15, -0.1) is 5.10 Å². The molecule has 1 amide bonds. The van der Waals surface area contributed by atoms with Crippen molar-refractivity contribution in [2.24, 2.45) is 7.05 Å². The highest BCUT2D eigenvalue weighted by Gasteiger charge is 2.24. The van der Waals surface area contributed by atoms with E-state index in [4.69, 9.17) is 5.26 Å². The van der Waals surface area contributed by atoms with Crippen LogP contribution in [0.3, 0.4) is 0 Å². The molecular weight excluding hydrogens is 330 g/mol. The van der Waals surface area contributed by atoms with E-state index in [1.165, 1.54) is 11.0 Å². The van der Waals surface area contributed by atoms with E-state index >= 15 is 0 Å². The van der Waals surface area contributed by atoms with E-state index in [0.717, 1.165) is 28.1 Å². The summed E-state index contributed by atoms with van der Waals surface area (Å²) in [7, 11) is 1.93. The Balaban J connectivity index is 1.51. The standard InChI is InChI=1S/C18H17N7O/c1-12-5-16(23(2)21-12)13-3-4-14-8-24(9-15(14)6-13)18(26)10-25-11-20-17(7-19)22-25/h3-6,11H,8-10H2,1-2H3. The third kappa shape index (κ3) is 2.84. The highest BCUT2D eigenvalue weighted by Crippen LogP contribution is 2.28. The predicted molar refractivity (Wildman–Crippen MR) is 92.4 cm³/mol. The van der Waals surface area contributed by atoms with Gasteiger partial charge in [0.25, 0.3) is 5.82 Å². The number of hydrogen-bond acceptors (Lipinski definition) is 5. The van der Waals surface area contributed by atoms with Crippen LogP contribution in [-0.2, 0) is 31.5 Å². The lowest BCUT2D eigenvalue weighted by Crippen LogP contribution is -2.29. The number of carbonyl (C=O) groups is 1. The highest BCUT2D eigenvalue weighted by atomic mass is 16.2. The summed E-state index contributed by atoms with van der Waals surface area (Å²) >= 11 is 0. The van der Waals surface area contributed by atoms with Gasteiger partial charge >= 0.3 is 0 Å². The van der Waals surface area contributed by atoms with Crippen molar-refractivity contribution < 1.29 is 4.79 Å². The molecule has 0 saturated heterocycles. The van der Waals surface area contributed by atoms with Crippen LogP contribution in [-0.4, -0.2) is 35.4 Å². The van der Waals surface area contributed by atoms with Crippen molar-refractivity contribution in [1.29, 1.82) is 5.26 Å². The largest absolute Gasteiger partial charge is 0.332 e. The van der Waals surface area contributed by atoms with Crippen LogP contribution < -0.4 is 0 Å². The van der Waals surface area contributed by atoms with Gasteiger partial charge in [0.05, 0.1) is 11.4 Å². The molecule has 0 spiro atoms. The molecule has 8 nitrogen and oxygen atoms in total. The molecule has 0 N–H and O–H groups in total. The van der Waals surface area contributed by atoms with Crippen molar-refractivity contribution in [1.82, 2.24) is 29.4 Å². The zero-order chi connectivity index (χ0) is 18.3. The van der Waals surface area contributed by atoms with Gasteiger partial charge in [-0.3, -0.25) is 9.48 Å². The number of rotatable bonds is 3. The summed E-state index contributed by atoms with van der Waals surface area (Å²) in [4.78, 5) is 18.1. The molecule has 3 aromatic rings. The first kappa shape index (κ1) is 16.0. The van der Waals surface area contributed by atoms with Gasteiger partial charge in [-0.25, -0.2) is 9.67 Å². The molecule has 0 fully saturated rings. The second-order valence-corrected chi connectivity index (χ2v) is 6.41. The molecular formula is C18H17N7O. The Morgan fingerprint density at radius 1 is 1.23 bits per heavy atom. The van der Waals surface area contributed by atoms with E-state index in [1.807, 2.05) is 24.7 Å². The van der Waals surface area contributed by atoms with Crippen LogP contribution in [0.2, 0.25) is 0 Å². The minimum atomic E-state index is -0.0477. The molecule has 1 aliphatic rings. The molecule has 0 radical (unpaired) electrons. The summed E-state index contributed by atoms with van der Waals surface area (Å²) in [6.07, 6.45) is 1.41. The Kier molecular flexibility index (Phi) is 3.77. The smallest absolute Gasteiger partial charge is 0.252 e. The fourth-order valence-corrected chi connectivity index (χ4v) is 3.27. The van der Waals surface area contributed by atoms with Gasteiger partial charge in [-0.1, -0.05) is 12.1 Å². The minimum absolute atomic E-state index is 0.0477. The molecule has 0 aliphatic carbocycles. The van der Waals surface area contributed by atoms with Gasteiger partial charge in [0.2, 0.25) is 5.91 Å². The van der Waals surface area contributed by atoms with Gasteiger partial charge < -0.3 is 4.90 Å². The van der Waals surface area contributed by atoms with Gasteiger partial charge in [-0.05, 0) is 30.2 Å². The minimum Gasteiger partial charge on any atom is -0.332 e. The van der Waals surface area contributed by atoms with Crippen LogP contribution in [0, 0.1) is 18.3 Å². The summed E-state index contributed by atoms with van der Waals surface area (Å²) in [5.74, 6) is 0.0205. The van der Waals surface area contributed by atoms with E-state index in [9.17, 15) is 4.79 Å². The lowest BCUT2D eigenvalue weighted by atomic mass is 10.0. The lowest BCUT2D eigenvalue weighted by molar-refractivity contribution is -0.132. The van der Waals surface area contributed by atoms with Crippen molar-refractivity contribution in [3.63, 3.8) is 0 Å². The van der Waals surface area contributed by atoms with Gasteiger partial charge in [0, 0.05) is 25.7 Å². The summed E-state index contributed by atoms with van der Waals surface area (Å²) in [6, 6.07) is 10.2. The fourth-order valence-electron chi connectivity index (χ4n) is 3.27. The number of hydrogen-bond donors (Lipinski definition) is 0. The molecule has 3 heterocycles. The molecule has 2 aromatic heterocycles. The first-order valence-corrected chi connectivity index (χ1v) is 8.23. The van der Waals surface area contributed by atoms with Crippen LogP contribution in [0.25, 0.3) is 11.3 Å². The number of nitriles is 1. The summed E-state index contributed by atoms with van der Waals surface area (Å²) in [5.41, 5.74) is 5.42. The molecule has 0 atom stereocenters. The molecule has 4 rings (SSSR count). The molecule has 1 aromatic carbocycles.